The largest absolute Gasteiger partial charge is 0.497 e. The van der Waals surface area contributed by atoms with Gasteiger partial charge in [-0.15, -0.1) is 12.4 Å². The van der Waals surface area contributed by atoms with Gasteiger partial charge < -0.3 is 15.0 Å². The molecule has 0 aliphatic carbocycles. The highest BCUT2D eigenvalue weighted by Gasteiger charge is 2.24. The third kappa shape index (κ3) is 3.87. The monoisotopic (exact) mass is 362 g/mol. The van der Waals surface area contributed by atoms with Gasteiger partial charge >= 0.3 is 0 Å². The Bertz CT molecular complexity index is 464. The molecule has 20 heavy (non-hydrogen) atoms. The Morgan fingerprint density at radius 2 is 2.05 bits per heavy atom. The first-order chi connectivity index (χ1) is 9.13. The summed E-state index contributed by atoms with van der Waals surface area (Å²) in [6, 6.07) is 5.78. The van der Waals surface area contributed by atoms with Gasteiger partial charge in [-0.05, 0) is 60.1 Å². The minimum Gasteiger partial charge on any atom is -0.497 e. The number of nitrogens with zero attached hydrogens (tertiary/aromatic N) is 1. The maximum Gasteiger partial charge on any atom is 0.255 e. The molecule has 6 heteroatoms. The van der Waals surface area contributed by atoms with Crippen LogP contribution in [-0.2, 0) is 0 Å². The Morgan fingerprint density at radius 1 is 1.40 bits per heavy atom. The van der Waals surface area contributed by atoms with Gasteiger partial charge in [0, 0.05) is 17.6 Å². The van der Waals surface area contributed by atoms with Crippen molar-refractivity contribution < 1.29 is 9.53 Å². The Kier molecular flexibility index (Phi) is 6.79. The highest BCUT2D eigenvalue weighted by atomic mass is 79.9. The molecule has 2 rings (SSSR count). The van der Waals surface area contributed by atoms with Crippen LogP contribution < -0.4 is 10.1 Å². The smallest absolute Gasteiger partial charge is 0.255 e. The van der Waals surface area contributed by atoms with E-state index < -0.39 is 0 Å². The average molecular weight is 364 g/mol. The van der Waals surface area contributed by atoms with Gasteiger partial charge in [0.1, 0.15) is 5.75 Å². The maximum absolute atomic E-state index is 12.6. The molecular weight excluding hydrogens is 344 g/mol. The number of methoxy groups -OCH3 is 1. The molecule has 4 nitrogen and oxygen atoms in total. The van der Waals surface area contributed by atoms with E-state index in [1.54, 1.807) is 13.2 Å². The minimum atomic E-state index is 0. The summed E-state index contributed by atoms with van der Waals surface area (Å²) >= 11 is 3.44. The number of carbonyl (C=O) groups excluding carboxylic acids is 1. The van der Waals surface area contributed by atoms with Crippen LogP contribution >= 0.6 is 28.3 Å². The second kappa shape index (κ2) is 7.86. The van der Waals surface area contributed by atoms with Gasteiger partial charge in [-0.1, -0.05) is 0 Å². The molecule has 112 valence electrons. The lowest BCUT2D eigenvalue weighted by molar-refractivity contribution is 0.0702. The van der Waals surface area contributed by atoms with Gasteiger partial charge in [0.25, 0.3) is 5.91 Å². The number of carbonyl (C=O) groups is 1. The van der Waals surface area contributed by atoms with Crippen LogP contribution in [0.3, 0.4) is 0 Å². The fraction of sp³-hybridized carbons (Fsp3) is 0.500. The lowest BCUT2D eigenvalue weighted by atomic mass is 10.0. The van der Waals surface area contributed by atoms with Crippen molar-refractivity contribution in [3.63, 3.8) is 0 Å². The highest BCUT2D eigenvalue weighted by Crippen LogP contribution is 2.25. The summed E-state index contributed by atoms with van der Waals surface area (Å²) in [5.41, 5.74) is 0.653. The predicted octanol–water partition coefficient (Wildman–Crippen LogP) is 2.70. The Labute approximate surface area is 134 Å². The van der Waals surface area contributed by atoms with E-state index in [9.17, 15) is 4.79 Å². The SMILES string of the molecule is COc1ccc(Br)c(C(=O)N(C)C2CCNCC2)c1.Cl. The van der Waals surface area contributed by atoms with Gasteiger partial charge in [0.05, 0.1) is 12.7 Å². The number of amides is 1. The van der Waals surface area contributed by atoms with Gasteiger partial charge in [0.15, 0.2) is 0 Å². The summed E-state index contributed by atoms with van der Waals surface area (Å²) in [6.45, 7) is 1.95. The molecule has 0 unspecified atom stereocenters. The van der Waals surface area contributed by atoms with E-state index in [0.29, 0.717) is 17.4 Å². The molecule has 0 saturated carbocycles. The maximum atomic E-state index is 12.6. The zero-order valence-electron chi connectivity index (χ0n) is 11.7. The Hall–Kier alpha value is -0.780. The second-order valence-electron chi connectivity index (χ2n) is 4.74. The number of halogens is 2. The minimum absolute atomic E-state index is 0. The zero-order chi connectivity index (χ0) is 13.8. The Morgan fingerprint density at radius 3 is 2.65 bits per heavy atom. The van der Waals surface area contributed by atoms with Gasteiger partial charge in [0.2, 0.25) is 0 Å². The predicted molar refractivity (Wildman–Crippen MR) is 85.9 cm³/mol. The molecule has 1 aromatic carbocycles. The van der Waals surface area contributed by atoms with Crippen molar-refractivity contribution in [2.45, 2.75) is 18.9 Å². The summed E-state index contributed by atoms with van der Waals surface area (Å²) in [4.78, 5) is 14.4. The van der Waals surface area contributed by atoms with Gasteiger partial charge in [-0.2, -0.15) is 0 Å². The normalized spacial score (nSPS) is 15.3. The van der Waals surface area contributed by atoms with Crippen LogP contribution in [0, 0.1) is 0 Å². The number of hydrogen-bond acceptors (Lipinski definition) is 3. The molecule has 1 aliphatic heterocycles. The number of hydrogen-bond donors (Lipinski definition) is 1. The van der Waals surface area contributed by atoms with Crippen LogP contribution in [0.1, 0.15) is 23.2 Å². The van der Waals surface area contributed by atoms with Crippen molar-refractivity contribution in [2.75, 3.05) is 27.2 Å². The molecule has 1 amide bonds. The first kappa shape index (κ1) is 17.3. The quantitative estimate of drug-likeness (QED) is 0.898. The molecule has 0 aromatic heterocycles. The molecule has 1 aliphatic rings. The molecule has 1 fully saturated rings. The molecule has 0 atom stereocenters. The molecule has 1 heterocycles. The molecule has 0 spiro atoms. The van der Waals surface area contributed by atoms with E-state index in [0.717, 1.165) is 30.4 Å². The zero-order valence-corrected chi connectivity index (χ0v) is 14.1. The van der Waals surface area contributed by atoms with Crippen molar-refractivity contribution in [2.24, 2.45) is 0 Å². The lowest BCUT2D eigenvalue weighted by Gasteiger charge is -2.32. The summed E-state index contributed by atoms with van der Waals surface area (Å²) in [7, 11) is 3.48. The summed E-state index contributed by atoms with van der Waals surface area (Å²) in [6.07, 6.45) is 2.01. The van der Waals surface area contributed by atoms with Gasteiger partial charge in [-0.25, -0.2) is 0 Å². The first-order valence-corrected chi connectivity index (χ1v) is 7.24. The van der Waals surface area contributed by atoms with Gasteiger partial charge in [-0.3, -0.25) is 4.79 Å². The van der Waals surface area contributed by atoms with E-state index in [-0.39, 0.29) is 18.3 Å². The van der Waals surface area contributed by atoms with Crippen molar-refractivity contribution >= 4 is 34.2 Å². The van der Waals surface area contributed by atoms with E-state index in [2.05, 4.69) is 21.2 Å². The number of ether oxygens (including phenoxy) is 1. The first-order valence-electron chi connectivity index (χ1n) is 6.45. The molecule has 1 aromatic rings. The van der Waals surface area contributed by atoms with E-state index in [4.69, 9.17) is 4.74 Å². The van der Waals surface area contributed by atoms with Crippen molar-refractivity contribution in [1.82, 2.24) is 10.2 Å². The third-order valence-electron chi connectivity index (χ3n) is 3.58. The van der Waals surface area contributed by atoms with E-state index in [1.165, 1.54) is 0 Å². The van der Waals surface area contributed by atoms with Crippen LogP contribution in [0.15, 0.2) is 22.7 Å². The summed E-state index contributed by atoms with van der Waals surface area (Å²) in [5.74, 6) is 0.739. The fourth-order valence-corrected chi connectivity index (χ4v) is 2.76. The third-order valence-corrected chi connectivity index (χ3v) is 4.27. The van der Waals surface area contributed by atoms with Crippen molar-refractivity contribution in [3.8, 4) is 5.75 Å². The van der Waals surface area contributed by atoms with Crippen molar-refractivity contribution in [3.05, 3.63) is 28.2 Å². The Balaban J connectivity index is 0.00000200. The second-order valence-corrected chi connectivity index (χ2v) is 5.60. The van der Waals surface area contributed by atoms with Crippen LogP contribution in [0.25, 0.3) is 0 Å². The molecule has 1 saturated heterocycles. The molecule has 1 N–H and O–H groups in total. The summed E-state index contributed by atoms with van der Waals surface area (Å²) in [5, 5.41) is 3.31. The van der Waals surface area contributed by atoms with E-state index >= 15 is 0 Å². The number of nitrogens with one attached hydrogen (secondary N) is 1. The molecular formula is C14H20BrClN2O2. The molecule has 0 bridgehead atoms. The fourth-order valence-electron chi connectivity index (χ4n) is 2.35. The topological polar surface area (TPSA) is 41.6 Å². The van der Waals surface area contributed by atoms with E-state index in [1.807, 2.05) is 24.1 Å². The van der Waals surface area contributed by atoms with Crippen molar-refractivity contribution in [1.29, 1.82) is 0 Å². The number of rotatable bonds is 3. The average Bonchev–Trinajstić information content (AvgIpc) is 2.47. The number of benzene rings is 1. The van der Waals surface area contributed by atoms with Crippen LogP contribution in [0.5, 0.6) is 5.75 Å². The lowest BCUT2D eigenvalue weighted by Crippen LogP contribution is -2.44. The number of piperidine rings is 1. The highest BCUT2D eigenvalue weighted by molar-refractivity contribution is 9.10. The van der Waals surface area contributed by atoms with Crippen LogP contribution in [0.2, 0.25) is 0 Å². The summed E-state index contributed by atoms with van der Waals surface area (Å²) < 4.78 is 5.99. The standard InChI is InChI=1S/C14H19BrN2O2.ClH/c1-17(10-5-7-16-8-6-10)14(18)12-9-11(19-2)3-4-13(12)15;/h3-4,9-10,16H,5-8H2,1-2H3;1H. The molecule has 0 radical (unpaired) electrons. The van der Waals surface area contributed by atoms with Crippen LogP contribution in [0.4, 0.5) is 0 Å². The van der Waals surface area contributed by atoms with Crippen LogP contribution in [-0.4, -0.2) is 44.1 Å².